The molecule has 0 unspecified atom stereocenters. The lowest BCUT2D eigenvalue weighted by molar-refractivity contribution is -0.136. The molecular formula is C8H6BFO2. The quantitative estimate of drug-likeness (QED) is 0.636. The molecule has 0 aliphatic carbocycles. The van der Waals surface area contributed by atoms with Crippen molar-refractivity contribution in [2.75, 3.05) is 0 Å². The second-order valence-corrected chi connectivity index (χ2v) is 2.43. The van der Waals surface area contributed by atoms with Crippen LogP contribution >= 0.6 is 0 Å². The van der Waals surface area contributed by atoms with Gasteiger partial charge in [-0.25, -0.2) is 4.39 Å². The topological polar surface area (TPSA) is 37.3 Å². The highest BCUT2D eigenvalue weighted by molar-refractivity contribution is 6.32. The summed E-state index contributed by atoms with van der Waals surface area (Å²) in [5, 5.41) is 8.37. The monoisotopic (exact) mass is 164 g/mol. The van der Waals surface area contributed by atoms with Gasteiger partial charge in [0.1, 0.15) is 13.7 Å². The minimum atomic E-state index is -0.987. The number of carboxylic acid groups (broad SMARTS) is 1. The van der Waals surface area contributed by atoms with E-state index in [1.54, 1.807) is 0 Å². The Balaban J connectivity index is 2.89. The van der Waals surface area contributed by atoms with Crippen molar-refractivity contribution in [1.82, 2.24) is 0 Å². The third kappa shape index (κ3) is 2.08. The third-order valence-corrected chi connectivity index (χ3v) is 1.42. The van der Waals surface area contributed by atoms with E-state index in [1.807, 2.05) is 0 Å². The molecule has 1 N–H and O–H groups in total. The molecule has 0 amide bonds. The predicted molar refractivity (Wildman–Crippen MR) is 43.1 cm³/mol. The van der Waals surface area contributed by atoms with Gasteiger partial charge in [0.05, 0.1) is 6.42 Å². The van der Waals surface area contributed by atoms with Gasteiger partial charge in [-0.1, -0.05) is 17.6 Å². The van der Waals surface area contributed by atoms with Gasteiger partial charge in [0.15, 0.2) is 0 Å². The van der Waals surface area contributed by atoms with Gasteiger partial charge in [-0.15, -0.1) is 0 Å². The van der Waals surface area contributed by atoms with Gasteiger partial charge in [0, 0.05) is 0 Å². The van der Waals surface area contributed by atoms with E-state index in [-0.39, 0.29) is 11.9 Å². The van der Waals surface area contributed by atoms with Crippen molar-refractivity contribution in [3.05, 3.63) is 29.6 Å². The lowest BCUT2D eigenvalue weighted by Gasteiger charge is -1.99. The Morgan fingerprint density at radius 3 is 2.75 bits per heavy atom. The molecule has 0 aromatic heterocycles. The molecule has 0 atom stereocenters. The van der Waals surface area contributed by atoms with Crippen molar-refractivity contribution in [1.29, 1.82) is 0 Å². The maximum Gasteiger partial charge on any atom is 0.307 e. The van der Waals surface area contributed by atoms with E-state index in [9.17, 15) is 9.18 Å². The Labute approximate surface area is 70.4 Å². The Bertz CT molecular complexity index is 312. The molecule has 0 spiro atoms. The molecule has 0 saturated heterocycles. The minimum Gasteiger partial charge on any atom is -0.481 e. The van der Waals surface area contributed by atoms with E-state index in [0.717, 1.165) is 6.07 Å². The zero-order valence-corrected chi connectivity index (χ0v) is 6.25. The van der Waals surface area contributed by atoms with E-state index >= 15 is 0 Å². The molecule has 0 heterocycles. The molecule has 60 valence electrons. The molecule has 0 bridgehead atoms. The van der Waals surface area contributed by atoms with Crippen molar-refractivity contribution in [2.45, 2.75) is 6.42 Å². The lowest BCUT2D eigenvalue weighted by atomic mass is 9.94. The molecule has 0 aliphatic rings. The zero-order valence-electron chi connectivity index (χ0n) is 6.25. The van der Waals surface area contributed by atoms with Crippen LogP contribution in [0.4, 0.5) is 4.39 Å². The molecular weight excluding hydrogens is 158 g/mol. The highest BCUT2D eigenvalue weighted by Crippen LogP contribution is 2.01. The van der Waals surface area contributed by atoms with E-state index in [0.29, 0.717) is 5.56 Å². The number of rotatable bonds is 2. The minimum absolute atomic E-state index is 0.0316. The number of halogens is 1. The molecule has 2 nitrogen and oxygen atoms in total. The average Bonchev–Trinajstić information content (AvgIpc) is 1.96. The fourth-order valence-corrected chi connectivity index (χ4v) is 0.855. The van der Waals surface area contributed by atoms with E-state index < -0.39 is 11.8 Å². The van der Waals surface area contributed by atoms with Crippen LogP contribution in [0.15, 0.2) is 18.2 Å². The molecule has 4 heteroatoms. The number of aliphatic carboxylic acids is 1. The SMILES string of the molecule is [B]c1ccc(CC(=O)O)cc1F. The first kappa shape index (κ1) is 8.78. The van der Waals surface area contributed by atoms with Crippen LogP contribution in [0.5, 0.6) is 0 Å². The van der Waals surface area contributed by atoms with Crippen molar-refractivity contribution >= 4 is 19.3 Å². The summed E-state index contributed by atoms with van der Waals surface area (Å²) in [6.45, 7) is 0. The maximum absolute atomic E-state index is 12.7. The summed E-state index contributed by atoms with van der Waals surface area (Å²) < 4.78 is 12.7. The van der Waals surface area contributed by atoms with Crippen LogP contribution in [-0.2, 0) is 11.2 Å². The van der Waals surface area contributed by atoms with Crippen LogP contribution in [0.1, 0.15) is 5.56 Å². The first-order chi connectivity index (χ1) is 5.59. The second-order valence-electron chi connectivity index (χ2n) is 2.43. The van der Waals surface area contributed by atoms with Crippen LogP contribution in [-0.4, -0.2) is 18.9 Å². The molecule has 1 aromatic rings. The average molecular weight is 164 g/mol. The lowest BCUT2D eigenvalue weighted by Crippen LogP contribution is -2.09. The largest absolute Gasteiger partial charge is 0.481 e. The van der Waals surface area contributed by atoms with E-state index in [1.165, 1.54) is 12.1 Å². The summed E-state index contributed by atoms with van der Waals surface area (Å²) in [5.41, 5.74) is 0.443. The number of benzene rings is 1. The summed E-state index contributed by atoms with van der Waals surface area (Å²) in [7, 11) is 5.20. The fourth-order valence-electron chi connectivity index (χ4n) is 0.855. The maximum atomic E-state index is 12.7. The van der Waals surface area contributed by atoms with Gasteiger partial charge in [-0.3, -0.25) is 4.79 Å². The molecule has 1 rings (SSSR count). The summed E-state index contributed by atoms with van der Waals surface area (Å²) in [4.78, 5) is 10.2. The van der Waals surface area contributed by atoms with Gasteiger partial charge in [-0.05, 0) is 11.6 Å². The molecule has 1 aromatic carbocycles. The van der Waals surface area contributed by atoms with Crippen LogP contribution in [0.2, 0.25) is 0 Å². The van der Waals surface area contributed by atoms with Crippen molar-refractivity contribution < 1.29 is 14.3 Å². The summed E-state index contributed by atoms with van der Waals surface area (Å²) >= 11 is 0. The molecule has 12 heavy (non-hydrogen) atoms. The zero-order chi connectivity index (χ0) is 9.14. The summed E-state index contributed by atoms with van der Waals surface area (Å²) in [6.07, 6.45) is -0.183. The van der Waals surface area contributed by atoms with Crippen LogP contribution < -0.4 is 5.46 Å². The standard InChI is InChI=1S/C8H6BFO2/c9-6-2-1-5(3-7(6)10)4-8(11)12/h1-3H,4H2,(H,11,12). The van der Waals surface area contributed by atoms with Crippen molar-refractivity contribution in [3.8, 4) is 0 Å². The van der Waals surface area contributed by atoms with Gasteiger partial charge in [-0.2, -0.15) is 0 Å². The van der Waals surface area contributed by atoms with Crippen LogP contribution in [0.3, 0.4) is 0 Å². The highest BCUT2D eigenvalue weighted by Gasteiger charge is 2.02. The Morgan fingerprint density at radius 2 is 2.25 bits per heavy atom. The number of hydrogen-bond donors (Lipinski definition) is 1. The van der Waals surface area contributed by atoms with Gasteiger partial charge < -0.3 is 5.11 Å². The summed E-state index contributed by atoms with van der Waals surface area (Å²) in [5.74, 6) is -1.56. The number of carboxylic acids is 1. The number of carbonyl (C=O) groups is 1. The third-order valence-electron chi connectivity index (χ3n) is 1.42. The van der Waals surface area contributed by atoms with Crippen LogP contribution in [0, 0.1) is 5.82 Å². The Morgan fingerprint density at radius 1 is 1.58 bits per heavy atom. The van der Waals surface area contributed by atoms with E-state index in [2.05, 4.69) is 0 Å². The molecule has 0 fully saturated rings. The normalized spacial score (nSPS) is 9.75. The van der Waals surface area contributed by atoms with Crippen LogP contribution in [0.25, 0.3) is 0 Å². The Hall–Kier alpha value is -1.32. The first-order valence-corrected chi connectivity index (χ1v) is 3.35. The van der Waals surface area contributed by atoms with Gasteiger partial charge >= 0.3 is 5.97 Å². The van der Waals surface area contributed by atoms with Crippen molar-refractivity contribution in [2.24, 2.45) is 0 Å². The first-order valence-electron chi connectivity index (χ1n) is 3.35. The predicted octanol–water partition coefficient (Wildman–Crippen LogP) is 0.247. The van der Waals surface area contributed by atoms with E-state index in [4.69, 9.17) is 13.0 Å². The number of hydrogen-bond acceptors (Lipinski definition) is 1. The smallest absolute Gasteiger partial charge is 0.307 e. The molecule has 0 saturated carbocycles. The molecule has 0 aliphatic heterocycles. The Kier molecular flexibility index (Phi) is 2.48. The molecule has 2 radical (unpaired) electrons. The fraction of sp³-hybridized carbons (Fsp3) is 0.125. The summed E-state index contributed by atoms with van der Waals surface area (Å²) in [6, 6.07) is 3.98. The van der Waals surface area contributed by atoms with Crippen molar-refractivity contribution in [3.63, 3.8) is 0 Å². The second kappa shape index (κ2) is 3.39. The van der Waals surface area contributed by atoms with Gasteiger partial charge in [0.2, 0.25) is 0 Å². The van der Waals surface area contributed by atoms with Gasteiger partial charge in [0.25, 0.3) is 0 Å². The highest BCUT2D eigenvalue weighted by atomic mass is 19.1.